The predicted molar refractivity (Wildman–Crippen MR) is 106 cm³/mol. The highest BCUT2D eigenvalue weighted by Crippen LogP contribution is 2.31. The maximum Gasteiger partial charge on any atom is 0.255 e. The smallest absolute Gasteiger partial charge is 0.255 e. The molecule has 7 heteroatoms. The lowest BCUT2D eigenvalue weighted by molar-refractivity contribution is -0.122. The Labute approximate surface area is 164 Å². The van der Waals surface area contributed by atoms with Crippen LogP contribution in [0.1, 0.15) is 22.3 Å². The third-order valence-electron chi connectivity index (χ3n) is 4.68. The average Bonchev–Trinajstić information content (AvgIpc) is 2.72. The van der Waals surface area contributed by atoms with Crippen LogP contribution in [0.15, 0.2) is 36.4 Å². The molecule has 1 aliphatic rings. The summed E-state index contributed by atoms with van der Waals surface area (Å²) in [7, 11) is 4.57. The quantitative estimate of drug-likeness (QED) is 0.829. The molecule has 0 fully saturated rings. The normalized spacial score (nSPS) is 12.9. The number of carbonyl (C=O) groups excluding carboxylic acids is 2. The summed E-state index contributed by atoms with van der Waals surface area (Å²) in [4.78, 5) is 26.7. The van der Waals surface area contributed by atoms with Crippen molar-refractivity contribution in [2.45, 2.75) is 12.8 Å². The van der Waals surface area contributed by atoms with Crippen LogP contribution in [0.25, 0.3) is 0 Å². The fraction of sp³-hybridized carbons (Fsp3) is 0.333. The van der Waals surface area contributed by atoms with Crippen LogP contribution in [0.3, 0.4) is 0 Å². The van der Waals surface area contributed by atoms with Crippen LogP contribution in [0.4, 0.5) is 11.4 Å². The SMILES string of the molecule is COCC(=O)N1CCCc2ccc(NC(=O)c3ccc(OC)c(OC)c3)cc21. The number of nitrogens with zero attached hydrogens (tertiary/aromatic N) is 1. The van der Waals surface area contributed by atoms with Crippen molar-refractivity contribution in [3.05, 3.63) is 47.5 Å². The summed E-state index contributed by atoms with van der Waals surface area (Å²) in [5.41, 5.74) is 2.97. The number of fused-ring (bicyclic) bond motifs is 1. The summed E-state index contributed by atoms with van der Waals surface area (Å²) < 4.78 is 15.4. The van der Waals surface area contributed by atoms with E-state index in [0.717, 1.165) is 24.1 Å². The van der Waals surface area contributed by atoms with Crippen molar-refractivity contribution in [3.63, 3.8) is 0 Å². The summed E-state index contributed by atoms with van der Waals surface area (Å²) in [6, 6.07) is 10.6. The Hall–Kier alpha value is -3.06. The van der Waals surface area contributed by atoms with Gasteiger partial charge in [0.2, 0.25) is 0 Å². The zero-order valence-electron chi connectivity index (χ0n) is 16.3. The molecule has 1 N–H and O–H groups in total. The maximum absolute atomic E-state index is 12.7. The number of anilines is 2. The van der Waals surface area contributed by atoms with Gasteiger partial charge in [0.05, 0.1) is 14.2 Å². The lowest BCUT2D eigenvalue weighted by Gasteiger charge is -2.30. The number of aryl methyl sites for hydroxylation is 1. The van der Waals surface area contributed by atoms with Crippen LogP contribution >= 0.6 is 0 Å². The lowest BCUT2D eigenvalue weighted by Crippen LogP contribution is -2.37. The highest BCUT2D eigenvalue weighted by atomic mass is 16.5. The number of amides is 2. The van der Waals surface area contributed by atoms with Crippen molar-refractivity contribution >= 4 is 23.2 Å². The van der Waals surface area contributed by atoms with Gasteiger partial charge in [-0.1, -0.05) is 6.07 Å². The maximum atomic E-state index is 12.7. The van der Waals surface area contributed by atoms with E-state index in [-0.39, 0.29) is 18.4 Å². The molecule has 0 bridgehead atoms. The van der Waals surface area contributed by atoms with Gasteiger partial charge in [-0.05, 0) is 48.7 Å². The molecular formula is C21H24N2O5. The van der Waals surface area contributed by atoms with Gasteiger partial charge in [-0.25, -0.2) is 0 Å². The molecule has 0 unspecified atom stereocenters. The van der Waals surface area contributed by atoms with E-state index in [1.807, 2.05) is 18.2 Å². The van der Waals surface area contributed by atoms with Crippen LogP contribution in [0.5, 0.6) is 11.5 Å². The molecule has 0 aromatic heterocycles. The Balaban J connectivity index is 1.82. The fourth-order valence-electron chi connectivity index (χ4n) is 3.29. The minimum absolute atomic E-state index is 0.0294. The molecule has 2 aromatic rings. The molecule has 1 heterocycles. The number of rotatable bonds is 6. The van der Waals surface area contributed by atoms with Crippen molar-refractivity contribution in [1.82, 2.24) is 0 Å². The van der Waals surface area contributed by atoms with E-state index in [9.17, 15) is 9.59 Å². The van der Waals surface area contributed by atoms with Gasteiger partial charge in [0.25, 0.3) is 11.8 Å². The second-order valence-electron chi connectivity index (χ2n) is 6.45. The van der Waals surface area contributed by atoms with Crippen molar-refractivity contribution < 1.29 is 23.8 Å². The number of nitrogens with one attached hydrogen (secondary N) is 1. The molecule has 1 aliphatic heterocycles. The van der Waals surface area contributed by atoms with Gasteiger partial charge in [0.15, 0.2) is 11.5 Å². The molecule has 3 rings (SSSR count). The molecule has 0 saturated carbocycles. The van der Waals surface area contributed by atoms with Gasteiger partial charge < -0.3 is 24.4 Å². The van der Waals surface area contributed by atoms with Gasteiger partial charge in [0, 0.05) is 30.6 Å². The van der Waals surface area contributed by atoms with Crippen LogP contribution in [0.2, 0.25) is 0 Å². The van der Waals surface area contributed by atoms with E-state index in [1.165, 1.54) is 14.2 Å². The van der Waals surface area contributed by atoms with Crippen LogP contribution < -0.4 is 19.7 Å². The molecule has 2 aromatic carbocycles. The fourth-order valence-corrected chi connectivity index (χ4v) is 3.29. The van der Waals surface area contributed by atoms with Crippen molar-refractivity contribution in [1.29, 1.82) is 0 Å². The molecule has 2 amide bonds. The molecule has 28 heavy (non-hydrogen) atoms. The number of carbonyl (C=O) groups is 2. The first-order chi connectivity index (χ1) is 13.6. The molecular weight excluding hydrogens is 360 g/mol. The Morgan fingerprint density at radius 1 is 1.04 bits per heavy atom. The van der Waals surface area contributed by atoms with Gasteiger partial charge in [0.1, 0.15) is 6.61 Å². The Bertz CT molecular complexity index is 881. The zero-order valence-corrected chi connectivity index (χ0v) is 16.3. The molecule has 7 nitrogen and oxygen atoms in total. The minimum Gasteiger partial charge on any atom is -0.493 e. The number of benzene rings is 2. The molecule has 0 saturated heterocycles. The molecule has 0 spiro atoms. The predicted octanol–water partition coefficient (Wildman–Crippen LogP) is 2.88. The van der Waals surface area contributed by atoms with E-state index in [0.29, 0.717) is 29.3 Å². The Kier molecular flexibility index (Phi) is 6.16. The molecule has 148 valence electrons. The van der Waals surface area contributed by atoms with Crippen LogP contribution in [-0.2, 0) is 16.0 Å². The van der Waals surface area contributed by atoms with E-state index in [2.05, 4.69) is 5.32 Å². The average molecular weight is 384 g/mol. The summed E-state index contributed by atoms with van der Waals surface area (Å²) in [5.74, 6) is 0.676. The lowest BCUT2D eigenvalue weighted by atomic mass is 10.0. The first-order valence-electron chi connectivity index (χ1n) is 9.03. The van der Waals surface area contributed by atoms with Crippen molar-refractivity contribution in [3.8, 4) is 11.5 Å². The molecule has 0 atom stereocenters. The second kappa shape index (κ2) is 8.75. The third kappa shape index (κ3) is 4.09. The summed E-state index contributed by atoms with van der Waals surface area (Å²) >= 11 is 0. The van der Waals surface area contributed by atoms with Crippen LogP contribution in [0, 0.1) is 0 Å². The summed E-state index contributed by atoms with van der Waals surface area (Å²) in [5, 5.41) is 2.88. The standard InChI is InChI=1S/C21H24N2O5/c1-26-13-20(24)23-10-4-5-14-6-8-16(12-17(14)23)22-21(25)15-7-9-18(27-2)19(11-15)28-3/h6-9,11-12H,4-5,10,13H2,1-3H3,(H,22,25). The van der Waals surface area contributed by atoms with Gasteiger partial charge in [-0.3, -0.25) is 9.59 Å². The summed E-state index contributed by atoms with van der Waals surface area (Å²) in [6.45, 7) is 0.671. The number of ether oxygens (including phenoxy) is 3. The van der Waals surface area contributed by atoms with Gasteiger partial charge >= 0.3 is 0 Å². The number of hydrogen-bond acceptors (Lipinski definition) is 5. The van der Waals surface area contributed by atoms with Crippen molar-refractivity contribution in [2.75, 3.05) is 44.7 Å². The monoisotopic (exact) mass is 384 g/mol. The zero-order chi connectivity index (χ0) is 20.1. The largest absolute Gasteiger partial charge is 0.493 e. The van der Waals surface area contributed by atoms with E-state index in [1.54, 1.807) is 30.2 Å². The van der Waals surface area contributed by atoms with E-state index >= 15 is 0 Å². The van der Waals surface area contributed by atoms with Gasteiger partial charge in [-0.2, -0.15) is 0 Å². The van der Waals surface area contributed by atoms with E-state index in [4.69, 9.17) is 14.2 Å². The second-order valence-corrected chi connectivity index (χ2v) is 6.45. The first-order valence-corrected chi connectivity index (χ1v) is 9.03. The molecule has 0 radical (unpaired) electrons. The van der Waals surface area contributed by atoms with E-state index < -0.39 is 0 Å². The summed E-state index contributed by atoms with van der Waals surface area (Å²) in [6.07, 6.45) is 1.80. The number of hydrogen-bond donors (Lipinski definition) is 1. The van der Waals surface area contributed by atoms with Gasteiger partial charge in [-0.15, -0.1) is 0 Å². The first kappa shape index (κ1) is 19.7. The van der Waals surface area contributed by atoms with Crippen molar-refractivity contribution in [2.24, 2.45) is 0 Å². The Morgan fingerprint density at radius 3 is 2.54 bits per heavy atom. The molecule has 0 aliphatic carbocycles. The van der Waals surface area contributed by atoms with Crippen LogP contribution in [-0.4, -0.2) is 46.3 Å². The third-order valence-corrected chi connectivity index (χ3v) is 4.68. The highest BCUT2D eigenvalue weighted by molar-refractivity contribution is 6.05. The highest BCUT2D eigenvalue weighted by Gasteiger charge is 2.23. The number of methoxy groups -OCH3 is 3. The Morgan fingerprint density at radius 2 is 1.82 bits per heavy atom. The topological polar surface area (TPSA) is 77.1 Å². The minimum atomic E-state index is -0.272.